The first-order valence-electron chi connectivity index (χ1n) is 5.48. The second-order valence-electron chi connectivity index (χ2n) is 3.70. The van der Waals surface area contributed by atoms with Crippen molar-refractivity contribution in [3.63, 3.8) is 0 Å². The lowest BCUT2D eigenvalue weighted by molar-refractivity contribution is 0.124. The van der Waals surface area contributed by atoms with Crippen LogP contribution in [0.4, 0.5) is 0 Å². The maximum absolute atomic E-state index is 5.35. The standard InChI is InChI=1S/C12H20N2O/c1-4-15-9-10(2)14-11(3)12-7-5-6-8-13-12/h5-8,10-11,14H,4,9H2,1-3H3/t10?,11-/m0/s1. The van der Waals surface area contributed by atoms with Gasteiger partial charge in [-0.25, -0.2) is 0 Å². The van der Waals surface area contributed by atoms with Crippen molar-refractivity contribution in [3.8, 4) is 0 Å². The van der Waals surface area contributed by atoms with E-state index in [-0.39, 0.29) is 6.04 Å². The van der Waals surface area contributed by atoms with E-state index in [2.05, 4.69) is 24.1 Å². The number of aromatic nitrogens is 1. The molecule has 0 aliphatic rings. The topological polar surface area (TPSA) is 34.1 Å². The minimum Gasteiger partial charge on any atom is -0.380 e. The van der Waals surface area contributed by atoms with Crippen LogP contribution in [0.3, 0.4) is 0 Å². The molecule has 0 aromatic carbocycles. The van der Waals surface area contributed by atoms with E-state index in [4.69, 9.17) is 4.74 Å². The summed E-state index contributed by atoms with van der Waals surface area (Å²) in [5.74, 6) is 0. The number of ether oxygens (including phenoxy) is 1. The Kier molecular flexibility index (Phi) is 5.29. The van der Waals surface area contributed by atoms with Gasteiger partial charge in [0.15, 0.2) is 0 Å². The summed E-state index contributed by atoms with van der Waals surface area (Å²) in [6, 6.07) is 6.59. The van der Waals surface area contributed by atoms with Crippen LogP contribution in [0.5, 0.6) is 0 Å². The second-order valence-corrected chi connectivity index (χ2v) is 3.70. The summed E-state index contributed by atoms with van der Waals surface area (Å²) < 4.78 is 5.35. The summed E-state index contributed by atoms with van der Waals surface area (Å²) in [6.07, 6.45) is 1.82. The number of nitrogens with zero attached hydrogens (tertiary/aromatic N) is 1. The summed E-state index contributed by atoms with van der Waals surface area (Å²) in [5.41, 5.74) is 1.07. The van der Waals surface area contributed by atoms with E-state index in [0.717, 1.165) is 18.9 Å². The summed E-state index contributed by atoms with van der Waals surface area (Å²) >= 11 is 0. The van der Waals surface area contributed by atoms with E-state index in [0.29, 0.717) is 6.04 Å². The SMILES string of the molecule is CCOCC(C)N[C@@H](C)c1ccccn1. The van der Waals surface area contributed by atoms with Crippen molar-refractivity contribution in [1.82, 2.24) is 10.3 Å². The van der Waals surface area contributed by atoms with E-state index in [1.165, 1.54) is 0 Å². The Morgan fingerprint density at radius 1 is 1.40 bits per heavy atom. The highest BCUT2D eigenvalue weighted by atomic mass is 16.5. The van der Waals surface area contributed by atoms with E-state index in [1.54, 1.807) is 0 Å². The molecule has 1 aromatic heterocycles. The van der Waals surface area contributed by atoms with Crippen molar-refractivity contribution < 1.29 is 4.74 Å². The zero-order valence-corrected chi connectivity index (χ0v) is 9.73. The first-order valence-corrected chi connectivity index (χ1v) is 5.48. The van der Waals surface area contributed by atoms with Crippen molar-refractivity contribution in [2.75, 3.05) is 13.2 Å². The van der Waals surface area contributed by atoms with Crippen LogP contribution < -0.4 is 5.32 Å². The van der Waals surface area contributed by atoms with Gasteiger partial charge < -0.3 is 10.1 Å². The fourth-order valence-electron chi connectivity index (χ4n) is 1.49. The normalized spacial score (nSPS) is 14.9. The number of hydrogen-bond donors (Lipinski definition) is 1. The van der Waals surface area contributed by atoms with Crippen LogP contribution in [0.1, 0.15) is 32.5 Å². The van der Waals surface area contributed by atoms with Gasteiger partial charge in [-0.1, -0.05) is 6.07 Å². The minimum absolute atomic E-state index is 0.265. The number of hydrogen-bond acceptors (Lipinski definition) is 3. The predicted octanol–water partition coefficient (Wildman–Crippen LogP) is 2.16. The molecule has 0 saturated heterocycles. The van der Waals surface area contributed by atoms with Gasteiger partial charge in [0, 0.05) is 24.9 Å². The molecule has 84 valence electrons. The Morgan fingerprint density at radius 3 is 2.80 bits per heavy atom. The van der Waals surface area contributed by atoms with Crippen LogP contribution >= 0.6 is 0 Å². The van der Waals surface area contributed by atoms with E-state index in [9.17, 15) is 0 Å². The molecule has 0 bridgehead atoms. The number of nitrogens with one attached hydrogen (secondary N) is 1. The lowest BCUT2D eigenvalue weighted by Crippen LogP contribution is -2.33. The van der Waals surface area contributed by atoms with Gasteiger partial charge in [-0.05, 0) is 32.9 Å². The average Bonchev–Trinajstić information content (AvgIpc) is 2.27. The van der Waals surface area contributed by atoms with Gasteiger partial charge in [-0.3, -0.25) is 4.98 Å². The summed E-state index contributed by atoms with van der Waals surface area (Å²) in [4.78, 5) is 4.31. The Balaban J connectivity index is 2.38. The highest BCUT2D eigenvalue weighted by Gasteiger charge is 2.09. The predicted molar refractivity (Wildman–Crippen MR) is 61.7 cm³/mol. The zero-order valence-electron chi connectivity index (χ0n) is 9.73. The molecular weight excluding hydrogens is 188 g/mol. The first kappa shape index (κ1) is 12.1. The van der Waals surface area contributed by atoms with E-state index >= 15 is 0 Å². The molecule has 1 heterocycles. The fraction of sp³-hybridized carbons (Fsp3) is 0.583. The number of pyridine rings is 1. The maximum atomic E-state index is 5.35. The van der Waals surface area contributed by atoms with E-state index < -0.39 is 0 Å². The van der Waals surface area contributed by atoms with Crippen molar-refractivity contribution in [2.45, 2.75) is 32.9 Å². The van der Waals surface area contributed by atoms with Gasteiger partial charge in [0.05, 0.1) is 12.3 Å². The van der Waals surface area contributed by atoms with Crippen molar-refractivity contribution in [3.05, 3.63) is 30.1 Å². The molecule has 1 unspecified atom stereocenters. The van der Waals surface area contributed by atoms with Crippen LogP contribution in [0, 0.1) is 0 Å². The third kappa shape index (κ3) is 4.40. The van der Waals surface area contributed by atoms with Crippen molar-refractivity contribution >= 4 is 0 Å². The fourth-order valence-corrected chi connectivity index (χ4v) is 1.49. The Labute approximate surface area is 91.9 Å². The third-order valence-corrected chi connectivity index (χ3v) is 2.24. The van der Waals surface area contributed by atoms with Crippen molar-refractivity contribution in [2.24, 2.45) is 0 Å². The molecule has 0 aliphatic carbocycles. The second kappa shape index (κ2) is 6.53. The molecule has 0 saturated carbocycles. The smallest absolute Gasteiger partial charge is 0.0616 e. The van der Waals surface area contributed by atoms with Crippen LogP contribution in [-0.4, -0.2) is 24.2 Å². The number of rotatable bonds is 6. The molecule has 1 N–H and O–H groups in total. The van der Waals surface area contributed by atoms with Crippen LogP contribution in [-0.2, 0) is 4.74 Å². The molecule has 0 amide bonds. The van der Waals surface area contributed by atoms with Gasteiger partial charge >= 0.3 is 0 Å². The third-order valence-electron chi connectivity index (χ3n) is 2.24. The van der Waals surface area contributed by atoms with E-state index in [1.807, 2.05) is 31.3 Å². The lowest BCUT2D eigenvalue weighted by Gasteiger charge is -2.19. The van der Waals surface area contributed by atoms with Crippen LogP contribution in [0.15, 0.2) is 24.4 Å². The van der Waals surface area contributed by atoms with Crippen LogP contribution in [0.25, 0.3) is 0 Å². The molecule has 3 nitrogen and oxygen atoms in total. The monoisotopic (exact) mass is 208 g/mol. The molecule has 0 spiro atoms. The van der Waals surface area contributed by atoms with Gasteiger partial charge in [-0.15, -0.1) is 0 Å². The van der Waals surface area contributed by atoms with Gasteiger partial charge in [0.25, 0.3) is 0 Å². The molecule has 0 radical (unpaired) electrons. The molecule has 0 fully saturated rings. The van der Waals surface area contributed by atoms with Crippen molar-refractivity contribution in [1.29, 1.82) is 0 Å². The van der Waals surface area contributed by atoms with Crippen LogP contribution in [0.2, 0.25) is 0 Å². The zero-order chi connectivity index (χ0) is 11.1. The lowest BCUT2D eigenvalue weighted by atomic mass is 10.2. The molecule has 2 atom stereocenters. The Bertz CT molecular complexity index is 264. The summed E-state index contributed by atoms with van der Waals surface area (Å²) in [5, 5.41) is 3.44. The van der Waals surface area contributed by atoms with Gasteiger partial charge in [0.1, 0.15) is 0 Å². The highest BCUT2D eigenvalue weighted by Crippen LogP contribution is 2.08. The molecule has 1 rings (SSSR count). The molecule has 3 heteroatoms. The van der Waals surface area contributed by atoms with Gasteiger partial charge in [-0.2, -0.15) is 0 Å². The maximum Gasteiger partial charge on any atom is 0.0616 e. The minimum atomic E-state index is 0.265. The van der Waals surface area contributed by atoms with Gasteiger partial charge in [0.2, 0.25) is 0 Å². The average molecular weight is 208 g/mol. The molecule has 15 heavy (non-hydrogen) atoms. The Hall–Kier alpha value is -0.930. The highest BCUT2D eigenvalue weighted by molar-refractivity contribution is 5.07. The largest absolute Gasteiger partial charge is 0.380 e. The summed E-state index contributed by atoms with van der Waals surface area (Å²) in [7, 11) is 0. The quantitative estimate of drug-likeness (QED) is 0.778. The molecule has 0 aliphatic heterocycles. The summed E-state index contributed by atoms with van der Waals surface area (Å²) in [6.45, 7) is 7.76. The Morgan fingerprint density at radius 2 is 2.20 bits per heavy atom. The first-order chi connectivity index (χ1) is 7.24. The molecule has 1 aromatic rings. The molecular formula is C12H20N2O.